The molecule has 0 aliphatic heterocycles. The predicted octanol–water partition coefficient (Wildman–Crippen LogP) is 3.27. The lowest BCUT2D eigenvalue weighted by atomic mass is 10.0. The van der Waals surface area contributed by atoms with Crippen LogP contribution in [-0.4, -0.2) is 18.5 Å². The molecule has 0 aromatic heterocycles. The van der Waals surface area contributed by atoms with Crippen molar-refractivity contribution in [2.75, 3.05) is 13.6 Å². The summed E-state index contributed by atoms with van der Waals surface area (Å²) in [6.45, 7) is 3.20. The Morgan fingerprint density at radius 1 is 1.10 bits per heavy atom. The Morgan fingerprint density at radius 3 is 2.35 bits per heavy atom. The fourth-order valence-corrected chi connectivity index (χ4v) is 2.38. The molecule has 0 aliphatic carbocycles. The summed E-state index contributed by atoms with van der Waals surface area (Å²) in [5.41, 5.74) is 8.94. The van der Waals surface area contributed by atoms with E-state index in [0.29, 0.717) is 12.1 Å². The van der Waals surface area contributed by atoms with Crippen molar-refractivity contribution in [3.05, 3.63) is 71.0 Å². The maximum atomic E-state index is 13.9. The summed E-state index contributed by atoms with van der Waals surface area (Å²) >= 11 is 0. The first-order chi connectivity index (χ1) is 9.61. The van der Waals surface area contributed by atoms with Gasteiger partial charge in [0.1, 0.15) is 5.82 Å². The maximum Gasteiger partial charge on any atom is 0.128 e. The van der Waals surface area contributed by atoms with E-state index < -0.39 is 0 Å². The summed E-state index contributed by atoms with van der Waals surface area (Å²) in [5, 5.41) is 0. The van der Waals surface area contributed by atoms with Crippen molar-refractivity contribution < 1.29 is 4.39 Å². The summed E-state index contributed by atoms with van der Waals surface area (Å²) in [6.07, 6.45) is 0. The number of likely N-dealkylation sites (N-methyl/N-ethyl adjacent to an activating group) is 1. The van der Waals surface area contributed by atoms with Crippen LogP contribution >= 0.6 is 0 Å². The highest BCUT2D eigenvalue weighted by molar-refractivity contribution is 5.24. The molecule has 0 radical (unpaired) electrons. The van der Waals surface area contributed by atoms with E-state index >= 15 is 0 Å². The minimum Gasteiger partial charge on any atom is -0.329 e. The van der Waals surface area contributed by atoms with E-state index in [-0.39, 0.29) is 11.9 Å². The Balaban J connectivity index is 2.15. The van der Waals surface area contributed by atoms with Gasteiger partial charge >= 0.3 is 0 Å². The van der Waals surface area contributed by atoms with Crippen LogP contribution in [0.4, 0.5) is 4.39 Å². The van der Waals surface area contributed by atoms with Gasteiger partial charge in [-0.3, -0.25) is 4.90 Å². The molecule has 0 fully saturated rings. The molecule has 1 atom stereocenters. The first kappa shape index (κ1) is 14.7. The Hall–Kier alpha value is -1.71. The Bertz CT molecular complexity index is 551. The van der Waals surface area contributed by atoms with E-state index in [1.807, 2.05) is 13.1 Å². The third-order valence-electron chi connectivity index (χ3n) is 3.57. The van der Waals surface area contributed by atoms with Crippen LogP contribution in [0.5, 0.6) is 0 Å². The van der Waals surface area contributed by atoms with Crippen molar-refractivity contribution in [2.45, 2.75) is 19.5 Å². The standard InChI is InChI=1S/C17H21FN2/c1-13-7-9-14(10-8-13)12-20(2)17(11-19)15-5-3-4-6-16(15)18/h3-10,17H,11-12,19H2,1-2H3. The fourth-order valence-electron chi connectivity index (χ4n) is 2.38. The van der Waals surface area contributed by atoms with Gasteiger partial charge in [-0.2, -0.15) is 0 Å². The zero-order chi connectivity index (χ0) is 14.5. The molecule has 0 spiro atoms. The van der Waals surface area contributed by atoms with Gasteiger partial charge in [0.05, 0.1) is 0 Å². The first-order valence-electron chi connectivity index (χ1n) is 6.82. The molecule has 3 heteroatoms. The Kier molecular flexibility index (Phi) is 4.88. The molecule has 0 heterocycles. The number of aryl methyl sites for hydroxylation is 1. The minimum atomic E-state index is -0.196. The highest BCUT2D eigenvalue weighted by Crippen LogP contribution is 2.22. The third-order valence-corrected chi connectivity index (χ3v) is 3.57. The van der Waals surface area contributed by atoms with Crippen molar-refractivity contribution in [1.29, 1.82) is 0 Å². The lowest BCUT2D eigenvalue weighted by Gasteiger charge is -2.27. The van der Waals surface area contributed by atoms with Gasteiger partial charge in [0, 0.05) is 24.7 Å². The number of benzene rings is 2. The summed E-state index contributed by atoms with van der Waals surface area (Å²) in [7, 11) is 1.98. The molecular formula is C17H21FN2. The van der Waals surface area contributed by atoms with E-state index in [0.717, 1.165) is 6.54 Å². The van der Waals surface area contributed by atoms with Gasteiger partial charge < -0.3 is 5.73 Å². The molecule has 106 valence electrons. The molecule has 2 aromatic carbocycles. The zero-order valence-electron chi connectivity index (χ0n) is 12.0. The van der Waals surface area contributed by atoms with Crippen LogP contribution < -0.4 is 5.73 Å². The second-order valence-electron chi connectivity index (χ2n) is 5.17. The van der Waals surface area contributed by atoms with Crippen LogP contribution in [0.3, 0.4) is 0 Å². The highest BCUT2D eigenvalue weighted by atomic mass is 19.1. The number of hydrogen-bond acceptors (Lipinski definition) is 2. The number of halogens is 1. The monoisotopic (exact) mass is 272 g/mol. The van der Waals surface area contributed by atoms with Crippen LogP contribution in [0.2, 0.25) is 0 Å². The molecule has 2 N–H and O–H groups in total. The van der Waals surface area contributed by atoms with Gasteiger partial charge in [-0.15, -0.1) is 0 Å². The lowest BCUT2D eigenvalue weighted by molar-refractivity contribution is 0.236. The van der Waals surface area contributed by atoms with Crippen LogP contribution in [0.1, 0.15) is 22.7 Å². The second-order valence-corrected chi connectivity index (χ2v) is 5.17. The van der Waals surface area contributed by atoms with E-state index in [2.05, 4.69) is 36.1 Å². The van der Waals surface area contributed by atoms with Crippen LogP contribution in [0, 0.1) is 12.7 Å². The van der Waals surface area contributed by atoms with Crippen molar-refractivity contribution in [2.24, 2.45) is 5.73 Å². The molecule has 2 nitrogen and oxygen atoms in total. The quantitative estimate of drug-likeness (QED) is 0.905. The van der Waals surface area contributed by atoms with Crippen molar-refractivity contribution in [3.8, 4) is 0 Å². The summed E-state index contributed by atoms with van der Waals surface area (Å²) in [6, 6.07) is 15.1. The molecule has 0 aliphatic rings. The van der Waals surface area contributed by atoms with E-state index in [1.165, 1.54) is 17.2 Å². The van der Waals surface area contributed by atoms with Gasteiger partial charge in [-0.05, 0) is 25.6 Å². The predicted molar refractivity (Wildman–Crippen MR) is 80.8 cm³/mol. The van der Waals surface area contributed by atoms with Crippen molar-refractivity contribution in [1.82, 2.24) is 4.90 Å². The molecule has 0 saturated carbocycles. The molecular weight excluding hydrogens is 251 g/mol. The number of nitrogens with two attached hydrogens (primary N) is 1. The van der Waals surface area contributed by atoms with Crippen LogP contribution in [0.15, 0.2) is 48.5 Å². The highest BCUT2D eigenvalue weighted by Gasteiger charge is 2.18. The summed E-state index contributed by atoms with van der Waals surface area (Å²) in [4.78, 5) is 2.09. The van der Waals surface area contributed by atoms with E-state index in [4.69, 9.17) is 5.73 Å². The number of rotatable bonds is 5. The van der Waals surface area contributed by atoms with Gasteiger partial charge in [0.2, 0.25) is 0 Å². The molecule has 0 amide bonds. The Morgan fingerprint density at radius 2 is 1.75 bits per heavy atom. The smallest absolute Gasteiger partial charge is 0.128 e. The first-order valence-corrected chi connectivity index (χ1v) is 6.82. The average Bonchev–Trinajstić information content (AvgIpc) is 2.44. The molecule has 0 bridgehead atoms. The number of nitrogens with zero attached hydrogens (tertiary/aromatic N) is 1. The fraction of sp³-hybridized carbons (Fsp3) is 0.294. The molecule has 2 aromatic rings. The SMILES string of the molecule is Cc1ccc(CN(C)C(CN)c2ccccc2F)cc1. The minimum absolute atomic E-state index is 0.113. The second kappa shape index (κ2) is 6.64. The van der Waals surface area contributed by atoms with Crippen molar-refractivity contribution in [3.63, 3.8) is 0 Å². The summed E-state index contributed by atoms with van der Waals surface area (Å²) < 4.78 is 13.9. The molecule has 2 rings (SSSR count). The number of hydrogen-bond donors (Lipinski definition) is 1. The van der Waals surface area contributed by atoms with Crippen LogP contribution in [-0.2, 0) is 6.54 Å². The van der Waals surface area contributed by atoms with Gasteiger partial charge in [0.25, 0.3) is 0 Å². The average molecular weight is 272 g/mol. The summed E-state index contributed by atoms with van der Waals surface area (Å²) in [5.74, 6) is -0.196. The molecule has 0 saturated heterocycles. The lowest BCUT2D eigenvalue weighted by Crippen LogP contribution is -2.30. The van der Waals surface area contributed by atoms with Gasteiger partial charge in [-0.25, -0.2) is 4.39 Å². The van der Waals surface area contributed by atoms with Gasteiger partial charge in [-0.1, -0.05) is 48.0 Å². The Labute approximate surface area is 120 Å². The van der Waals surface area contributed by atoms with E-state index in [1.54, 1.807) is 12.1 Å². The van der Waals surface area contributed by atoms with Crippen molar-refractivity contribution >= 4 is 0 Å². The van der Waals surface area contributed by atoms with Crippen LogP contribution in [0.25, 0.3) is 0 Å². The molecule has 1 unspecified atom stereocenters. The van der Waals surface area contributed by atoms with E-state index in [9.17, 15) is 4.39 Å². The normalized spacial score (nSPS) is 12.7. The maximum absolute atomic E-state index is 13.9. The van der Waals surface area contributed by atoms with Gasteiger partial charge in [0.15, 0.2) is 0 Å². The topological polar surface area (TPSA) is 29.3 Å². The molecule has 20 heavy (non-hydrogen) atoms. The zero-order valence-corrected chi connectivity index (χ0v) is 12.0. The third kappa shape index (κ3) is 3.44. The largest absolute Gasteiger partial charge is 0.329 e.